The van der Waals surface area contributed by atoms with Crippen LogP contribution >= 0.6 is 11.6 Å². The third-order valence-electron chi connectivity index (χ3n) is 5.01. The number of amides is 1. The van der Waals surface area contributed by atoms with Crippen LogP contribution in [0.5, 0.6) is 0 Å². The molecule has 0 atom stereocenters. The average Bonchev–Trinajstić information content (AvgIpc) is 3.32. The molecule has 1 amide bonds. The first-order valence-corrected chi connectivity index (χ1v) is 11.7. The number of aryl methyl sites for hydroxylation is 1. The predicted octanol–water partition coefficient (Wildman–Crippen LogP) is 3.84. The first-order chi connectivity index (χ1) is 15.3. The molecule has 0 radical (unpaired) electrons. The zero-order valence-electron chi connectivity index (χ0n) is 16.8. The minimum atomic E-state index is -3.62. The Labute approximate surface area is 190 Å². The van der Waals surface area contributed by atoms with Crippen LogP contribution in [-0.4, -0.2) is 34.6 Å². The molecule has 0 saturated carbocycles. The number of sulfone groups is 1. The molecular weight excluding hydrogens is 448 g/mol. The van der Waals surface area contributed by atoms with Crippen molar-refractivity contribution in [3.05, 3.63) is 90.1 Å². The van der Waals surface area contributed by atoms with Gasteiger partial charge in [-0.15, -0.1) is 0 Å². The van der Waals surface area contributed by atoms with Crippen molar-refractivity contribution in [3.63, 3.8) is 0 Å². The van der Waals surface area contributed by atoms with Gasteiger partial charge < -0.3 is 10.3 Å². The quantitative estimate of drug-likeness (QED) is 0.445. The number of nitrogens with two attached hydrogens (primary N) is 1. The van der Waals surface area contributed by atoms with Gasteiger partial charge in [-0.1, -0.05) is 23.7 Å². The number of aromatic nitrogens is 3. The molecular formula is C23H19ClN4O3S. The van der Waals surface area contributed by atoms with Crippen LogP contribution in [0.1, 0.15) is 10.4 Å². The molecule has 2 aromatic carbocycles. The fourth-order valence-electron chi connectivity index (χ4n) is 3.34. The van der Waals surface area contributed by atoms with Crippen molar-refractivity contribution in [1.29, 1.82) is 0 Å². The van der Waals surface area contributed by atoms with Gasteiger partial charge in [0.2, 0.25) is 5.91 Å². The van der Waals surface area contributed by atoms with Gasteiger partial charge in [0.15, 0.2) is 9.84 Å². The molecule has 0 bridgehead atoms. The highest BCUT2D eigenvalue weighted by atomic mass is 35.5. The van der Waals surface area contributed by atoms with E-state index in [9.17, 15) is 13.2 Å². The van der Waals surface area contributed by atoms with Crippen molar-refractivity contribution >= 4 is 27.3 Å². The van der Waals surface area contributed by atoms with Crippen LogP contribution in [0.15, 0.2) is 84.4 Å². The third-order valence-corrected chi connectivity index (χ3v) is 7.03. The molecule has 7 nitrogen and oxygen atoms in total. The van der Waals surface area contributed by atoms with E-state index in [1.54, 1.807) is 53.8 Å². The van der Waals surface area contributed by atoms with Gasteiger partial charge in [-0.2, -0.15) is 0 Å². The zero-order valence-corrected chi connectivity index (χ0v) is 18.4. The SMILES string of the molecule is NC(=O)c1ccc(S(=O)(=O)CCn2ccnc2)cc1-c1ccc(Cl)c(-c2ccccn2)c1. The minimum absolute atomic E-state index is 0.104. The summed E-state index contributed by atoms with van der Waals surface area (Å²) in [6.45, 7) is 0.264. The van der Waals surface area contributed by atoms with E-state index in [0.717, 1.165) is 0 Å². The van der Waals surface area contributed by atoms with Crippen molar-refractivity contribution in [3.8, 4) is 22.4 Å². The molecule has 0 fully saturated rings. The second-order valence-electron chi connectivity index (χ2n) is 7.10. The van der Waals surface area contributed by atoms with Crippen molar-refractivity contribution < 1.29 is 13.2 Å². The largest absolute Gasteiger partial charge is 0.366 e. The second kappa shape index (κ2) is 8.94. The van der Waals surface area contributed by atoms with Gasteiger partial charge in [0.05, 0.1) is 22.7 Å². The van der Waals surface area contributed by atoms with Gasteiger partial charge in [0, 0.05) is 41.3 Å². The standard InChI is InChI=1S/C23H19ClN4O3S/c24-21-7-4-16(13-20(21)22-3-1-2-8-27-22)19-14-17(5-6-18(19)23(25)29)32(30,31)12-11-28-10-9-26-15-28/h1-10,13-15H,11-12H2,(H2,25,29). The Balaban J connectivity index is 1.77. The lowest BCUT2D eigenvalue weighted by atomic mass is 9.97. The summed E-state index contributed by atoms with van der Waals surface area (Å²) >= 11 is 6.38. The van der Waals surface area contributed by atoms with E-state index in [1.807, 2.05) is 12.1 Å². The Morgan fingerprint density at radius 2 is 1.88 bits per heavy atom. The smallest absolute Gasteiger partial charge is 0.249 e. The fourth-order valence-corrected chi connectivity index (χ4v) is 4.82. The van der Waals surface area contributed by atoms with Crippen molar-refractivity contribution in [2.24, 2.45) is 5.73 Å². The molecule has 9 heteroatoms. The van der Waals surface area contributed by atoms with E-state index in [4.69, 9.17) is 17.3 Å². The summed E-state index contributed by atoms with van der Waals surface area (Å²) in [6, 6.07) is 15.0. The number of halogens is 1. The molecule has 2 aromatic heterocycles. The average molecular weight is 467 g/mol. The Morgan fingerprint density at radius 1 is 1.03 bits per heavy atom. The Morgan fingerprint density at radius 3 is 2.56 bits per heavy atom. The number of hydrogen-bond donors (Lipinski definition) is 1. The van der Waals surface area contributed by atoms with Crippen molar-refractivity contribution in [2.75, 3.05) is 5.75 Å². The maximum Gasteiger partial charge on any atom is 0.249 e. The lowest BCUT2D eigenvalue weighted by molar-refractivity contribution is 0.100. The van der Waals surface area contributed by atoms with Crippen LogP contribution in [0.2, 0.25) is 5.02 Å². The van der Waals surface area contributed by atoms with Crippen molar-refractivity contribution in [2.45, 2.75) is 11.4 Å². The van der Waals surface area contributed by atoms with Gasteiger partial charge in [0.25, 0.3) is 0 Å². The number of carbonyl (C=O) groups excluding carboxylic acids is 1. The normalized spacial score (nSPS) is 11.4. The summed E-state index contributed by atoms with van der Waals surface area (Å²) in [5.74, 6) is -0.768. The van der Waals surface area contributed by atoms with Crippen LogP contribution < -0.4 is 5.73 Å². The number of carbonyl (C=O) groups is 1. The lowest BCUT2D eigenvalue weighted by Gasteiger charge is -2.13. The molecule has 4 rings (SSSR count). The monoisotopic (exact) mass is 466 g/mol. The van der Waals surface area contributed by atoms with Gasteiger partial charge >= 0.3 is 0 Å². The number of hydrogen-bond acceptors (Lipinski definition) is 5. The summed E-state index contributed by atoms with van der Waals surface area (Å²) in [5, 5.41) is 0.484. The number of imidazole rings is 1. The summed E-state index contributed by atoms with van der Waals surface area (Å²) in [6.07, 6.45) is 6.50. The molecule has 0 saturated heterocycles. The highest BCUT2D eigenvalue weighted by molar-refractivity contribution is 7.91. The molecule has 0 aliphatic rings. The van der Waals surface area contributed by atoms with Crippen molar-refractivity contribution in [1.82, 2.24) is 14.5 Å². The maximum atomic E-state index is 13.0. The van der Waals surface area contributed by atoms with Gasteiger partial charge in [-0.3, -0.25) is 9.78 Å². The van der Waals surface area contributed by atoms with Crippen LogP contribution in [0.4, 0.5) is 0 Å². The zero-order chi connectivity index (χ0) is 22.7. The number of rotatable bonds is 7. The molecule has 0 aliphatic carbocycles. The Hall–Kier alpha value is -3.49. The minimum Gasteiger partial charge on any atom is -0.366 e. The van der Waals surface area contributed by atoms with Gasteiger partial charge in [-0.05, 0) is 53.6 Å². The molecule has 2 N–H and O–H groups in total. The van der Waals surface area contributed by atoms with Gasteiger partial charge in [-0.25, -0.2) is 13.4 Å². The summed E-state index contributed by atoms with van der Waals surface area (Å²) in [5.41, 5.74) is 8.13. The molecule has 0 unspecified atom stereocenters. The van der Waals surface area contributed by atoms with Gasteiger partial charge in [0.1, 0.15) is 0 Å². The van der Waals surface area contributed by atoms with E-state index in [2.05, 4.69) is 9.97 Å². The summed E-state index contributed by atoms with van der Waals surface area (Å²) in [4.78, 5) is 20.4. The van der Waals surface area contributed by atoms with Crippen LogP contribution in [0, 0.1) is 0 Å². The predicted molar refractivity (Wildman–Crippen MR) is 123 cm³/mol. The molecule has 32 heavy (non-hydrogen) atoms. The molecule has 0 spiro atoms. The number of primary amides is 1. The fraction of sp³-hybridized carbons (Fsp3) is 0.0870. The number of pyridine rings is 1. The molecule has 0 aliphatic heterocycles. The highest BCUT2D eigenvalue weighted by Gasteiger charge is 2.20. The number of nitrogens with zero attached hydrogens (tertiary/aromatic N) is 3. The first-order valence-electron chi connectivity index (χ1n) is 9.69. The molecule has 2 heterocycles. The Kier molecular flexibility index (Phi) is 6.07. The van der Waals surface area contributed by atoms with E-state index in [0.29, 0.717) is 27.4 Å². The highest BCUT2D eigenvalue weighted by Crippen LogP contribution is 2.34. The number of benzene rings is 2. The molecule has 162 valence electrons. The van der Waals surface area contributed by atoms with E-state index < -0.39 is 15.7 Å². The second-order valence-corrected chi connectivity index (χ2v) is 9.62. The summed E-state index contributed by atoms with van der Waals surface area (Å²) in [7, 11) is -3.62. The third kappa shape index (κ3) is 4.56. The topological polar surface area (TPSA) is 108 Å². The van der Waals surface area contributed by atoms with E-state index in [-0.39, 0.29) is 22.8 Å². The molecule has 4 aromatic rings. The summed E-state index contributed by atoms with van der Waals surface area (Å²) < 4.78 is 27.6. The van der Waals surface area contributed by atoms with Crippen LogP contribution in [-0.2, 0) is 16.4 Å². The van der Waals surface area contributed by atoms with Crippen LogP contribution in [0.25, 0.3) is 22.4 Å². The maximum absolute atomic E-state index is 13.0. The van der Waals surface area contributed by atoms with Crippen LogP contribution in [0.3, 0.4) is 0 Å². The first kappa shape index (κ1) is 21.7. The van der Waals surface area contributed by atoms with E-state index >= 15 is 0 Å². The Bertz CT molecular complexity index is 1370. The lowest BCUT2D eigenvalue weighted by Crippen LogP contribution is -2.15. The van der Waals surface area contributed by atoms with E-state index in [1.165, 1.54) is 18.2 Å².